The van der Waals surface area contributed by atoms with E-state index < -0.39 is 0 Å². The lowest BCUT2D eigenvalue weighted by molar-refractivity contribution is 0.0680. The molecule has 3 aromatic rings. The van der Waals surface area contributed by atoms with E-state index in [9.17, 15) is 13.6 Å². The second-order valence-corrected chi connectivity index (χ2v) is 8.09. The molecule has 1 aliphatic carbocycles. The van der Waals surface area contributed by atoms with Crippen molar-refractivity contribution in [2.24, 2.45) is 11.0 Å². The third kappa shape index (κ3) is 3.84. The topological polar surface area (TPSA) is 45.6 Å². The molecule has 6 heteroatoms. The van der Waals surface area contributed by atoms with Crippen LogP contribution in [0.25, 0.3) is 6.08 Å². The van der Waals surface area contributed by atoms with Crippen LogP contribution in [-0.2, 0) is 0 Å². The van der Waals surface area contributed by atoms with Crippen LogP contribution in [-0.4, -0.2) is 21.6 Å². The molecular weight excluding hydrogens is 408 g/mol. The lowest BCUT2D eigenvalue weighted by Crippen LogP contribution is -2.32. The quantitative estimate of drug-likeness (QED) is 0.529. The smallest absolute Gasteiger partial charge is 0.267 e. The summed E-state index contributed by atoms with van der Waals surface area (Å²) >= 11 is 0. The molecule has 2 unspecified atom stereocenters. The van der Waals surface area contributed by atoms with Crippen molar-refractivity contribution in [3.63, 3.8) is 0 Å². The summed E-state index contributed by atoms with van der Waals surface area (Å²) in [6.45, 7) is 0. The molecule has 5 rings (SSSR count). The van der Waals surface area contributed by atoms with Crippen LogP contribution in [0.15, 0.2) is 83.7 Å². The molecule has 4 nitrogen and oxygen atoms in total. The summed E-state index contributed by atoms with van der Waals surface area (Å²) < 4.78 is 26.9. The zero-order valence-corrected chi connectivity index (χ0v) is 17.3. The Labute approximate surface area is 184 Å². The zero-order chi connectivity index (χ0) is 22.1. The molecule has 0 radical (unpaired) electrons. The minimum absolute atomic E-state index is 0.00142. The molecule has 2 atom stereocenters. The fourth-order valence-electron chi connectivity index (χ4n) is 4.54. The number of fused-ring (bicyclic) bond motifs is 1. The number of hydrazone groups is 1. The van der Waals surface area contributed by atoms with Gasteiger partial charge in [-0.1, -0.05) is 24.3 Å². The van der Waals surface area contributed by atoms with E-state index in [1.807, 2.05) is 6.08 Å². The van der Waals surface area contributed by atoms with Gasteiger partial charge >= 0.3 is 0 Å². The number of benzene rings is 2. The molecule has 0 saturated heterocycles. The van der Waals surface area contributed by atoms with Crippen LogP contribution in [0, 0.1) is 17.6 Å². The van der Waals surface area contributed by atoms with Crippen molar-refractivity contribution < 1.29 is 13.6 Å². The highest BCUT2D eigenvalue weighted by atomic mass is 19.1. The summed E-state index contributed by atoms with van der Waals surface area (Å²) in [5.74, 6) is -0.841. The maximum atomic E-state index is 13.6. The van der Waals surface area contributed by atoms with Crippen LogP contribution in [0.2, 0.25) is 0 Å². The van der Waals surface area contributed by atoms with E-state index in [1.54, 1.807) is 42.6 Å². The first-order valence-electron chi connectivity index (χ1n) is 10.6. The third-order valence-corrected chi connectivity index (χ3v) is 6.04. The second-order valence-electron chi connectivity index (χ2n) is 8.09. The summed E-state index contributed by atoms with van der Waals surface area (Å²) in [5, 5.41) is 6.32. The molecular formula is C26H21F2N3O. The van der Waals surface area contributed by atoms with Crippen molar-refractivity contribution in [2.45, 2.75) is 25.3 Å². The first-order valence-corrected chi connectivity index (χ1v) is 10.6. The van der Waals surface area contributed by atoms with Crippen LogP contribution < -0.4 is 0 Å². The van der Waals surface area contributed by atoms with E-state index in [0.29, 0.717) is 5.56 Å². The third-order valence-electron chi connectivity index (χ3n) is 6.04. The standard InChI is InChI=1S/C26H21F2N3O/c27-21-10-6-17(7-11-21)15-19-3-1-5-23-24(19)30-31(26(32)20-4-2-14-29-16-20)25(23)18-8-12-22(28)13-9-18/h2,4,6-16,23,25H,1,3,5H2. The van der Waals surface area contributed by atoms with E-state index in [4.69, 9.17) is 5.10 Å². The Balaban J connectivity index is 1.57. The van der Waals surface area contributed by atoms with Gasteiger partial charge in [0.05, 0.1) is 17.3 Å². The van der Waals surface area contributed by atoms with Gasteiger partial charge in [-0.15, -0.1) is 0 Å². The number of hydrogen-bond acceptors (Lipinski definition) is 3. The Kier molecular flexibility index (Phi) is 5.35. The molecule has 1 fully saturated rings. The number of amides is 1. The number of hydrogen-bond donors (Lipinski definition) is 0. The van der Waals surface area contributed by atoms with Crippen molar-refractivity contribution in [3.05, 3.63) is 107 Å². The number of rotatable bonds is 3. The van der Waals surface area contributed by atoms with Crippen molar-refractivity contribution in [2.75, 3.05) is 0 Å². The molecule has 1 saturated carbocycles. The number of halogens is 2. The monoisotopic (exact) mass is 429 g/mol. The van der Waals surface area contributed by atoms with Crippen molar-refractivity contribution in [1.29, 1.82) is 0 Å². The van der Waals surface area contributed by atoms with Crippen molar-refractivity contribution >= 4 is 17.7 Å². The number of aromatic nitrogens is 1. The van der Waals surface area contributed by atoms with Gasteiger partial charge in [-0.3, -0.25) is 9.78 Å². The average Bonchev–Trinajstić information content (AvgIpc) is 3.22. The molecule has 160 valence electrons. The van der Waals surface area contributed by atoms with Crippen LogP contribution in [0.3, 0.4) is 0 Å². The average molecular weight is 429 g/mol. The van der Waals surface area contributed by atoms with Gasteiger partial charge in [0.15, 0.2) is 0 Å². The Morgan fingerprint density at radius 3 is 2.41 bits per heavy atom. The highest BCUT2D eigenvalue weighted by Gasteiger charge is 2.44. The molecule has 32 heavy (non-hydrogen) atoms. The Bertz CT molecular complexity index is 1190. The normalized spacial score (nSPS) is 21.4. The maximum Gasteiger partial charge on any atom is 0.276 e. The molecule has 1 aromatic heterocycles. The highest BCUT2D eigenvalue weighted by Crippen LogP contribution is 2.44. The van der Waals surface area contributed by atoms with E-state index in [2.05, 4.69) is 4.98 Å². The predicted molar refractivity (Wildman–Crippen MR) is 119 cm³/mol. The van der Waals surface area contributed by atoms with Gasteiger partial charge in [0, 0.05) is 18.3 Å². The summed E-state index contributed by atoms with van der Waals surface area (Å²) in [7, 11) is 0. The maximum absolute atomic E-state index is 13.6. The van der Waals surface area contributed by atoms with Gasteiger partial charge in [-0.2, -0.15) is 5.10 Å². The van der Waals surface area contributed by atoms with Crippen LogP contribution in [0.1, 0.15) is 46.8 Å². The van der Waals surface area contributed by atoms with E-state index in [0.717, 1.165) is 41.7 Å². The number of carbonyl (C=O) groups excluding carboxylic acids is 1. The lowest BCUT2D eigenvalue weighted by Gasteiger charge is -2.29. The summed E-state index contributed by atoms with van der Waals surface area (Å²) in [6.07, 6.45) is 7.82. The summed E-state index contributed by atoms with van der Waals surface area (Å²) in [6, 6.07) is 15.7. The molecule has 0 spiro atoms. The van der Waals surface area contributed by atoms with Gasteiger partial charge in [0.1, 0.15) is 11.6 Å². The predicted octanol–water partition coefficient (Wildman–Crippen LogP) is 5.80. The minimum atomic E-state index is -0.324. The van der Waals surface area contributed by atoms with Crippen molar-refractivity contribution in [1.82, 2.24) is 9.99 Å². The fourth-order valence-corrected chi connectivity index (χ4v) is 4.54. The summed E-state index contributed by atoms with van der Waals surface area (Å²) in [5.41, 5.74) is 4.09. The van der Waals surface area contributed by atoms with Crippen LogP contribution >= 0.6 is 0 Å². The summed E-state index contributed by atoms with van der Waals surface area (Å²) in [4.78, 5) is 17.5. The zero-order valence-electron chi connectivity index (χ0n) is 17.3. The number of allylic oxidation sites excluding steroid dienone is 1. The Morgan fingerprint density at radius 1 is 1.00 bits per heavy atom. The minimum Gasteiger partial charge on any atom is -0.267 e. The Morgan fingerprint density at radius 2 is 1.72 bits per heavy atom. The van der Waals surface area contributed by atoms with Gasteiger partial charge in [0.2, 0.25) is 0 Å². The highest BCUT2D eigenvalue weighted by molar-refractivity contribution is 6.09. The molecule has 2 heterocycles. The fraction of sp³-hybridized carbons (Fsp3) is 0.192. The molecule has 1 amide bonds. The SMILES string of the molecule is O=C(c1cccnc1)N1N=C2C(=Cc3ccc(F)cc3)CCCC2C1c1ccc(F)cc1. The number of pyridine rings is 1. The molecule has 2 aliphatic rings. The molecule has 0 N–H and O–H groups in total. The van der Waals surface area contributed by atoms with Gasteiger partial charge < -0.3 is 0 Å². The number of carbonyl (C=O) groups is 1. The van der Waals surface area contributed by atoms with Crippen LogP contribution in [0.4, 0.5) is 8.78 Å². The van der Waals surface area contributed by atoms with E-state index in [-0.39, 0.29) is 29.5 Å². The van der Waals surface area contributed by atoms with E-state index in [1.165, 1.54) is 35.5 Å². The first-order chi connectivity index (χ1) is 15.6. The molecule has 1 aliphatic heterocycles. The van der Waals surface area contributed by atoms with Crippen LogP contribution in [0.5, 0.6) is 0 Å². The lowest BCUT2D eigenvalue weighted by atomic mass is 9.77. The Hall–Kier alpha value is -3.67. The first kappa shape index (κ1) is 20.2. The van der Waals surface area contributed by atoms with Gasteiger partial charge in [-0.05, 0) is 78.4 Å². The van der Waals surface area contributed by atoms with E-state index >= 15 is 0 Å². The number of nitrogens with zero attached hydrogens (tertiary/aromatic N) is 3. The molecule has 0 bridgehead atoms. The second kappa shape index (κ2) is 8.46. The van der Waals surface area contributed by atoms with Crippen molar-refractivity contribution in [3.8, 4) is 0 Å². The molecule has 2 aromatic carbocycles. The van der Waals surface area contributed by atoms with Gasteiger partial charge in [-0.25, -0.2) is 13.8 Å². The van der Waals surface area contributed by atoms with Gasteiger partial charge in [0.25, 0.3) is 5.91 Å². The largest absolute Gasteiger partial charge is 0.276 e.